The molecule has 1 aliphatic rings. The first-order chi connectivity index (χ1) is 10.1. The normalized spacial score (nSPS) is 14.1. The standard InChI is InChI=1S/C16H19N3O2/c1-19-14-5-3-2-4-12(14)13(10-16(19)21)17-9-8-15(20)18-11-6-7-11/h2-5,10-11,17H,6-9H2,1H3,(H,18,20). The van der Waals surface area contributed by atoms with Crippen molar-refractivity contribution in [1.29, 1.82) is 0 Å². The van der Waals surface area contributed by atoms with Crippen LogP contribution in [0.2, 0.25) is 0 Å². The Bertz CT molecular complexity index is 732. The molecule has 1 aromatic heterocycles. The van der Waals surface area contributed by atoms with Gasteiger partial charge in [-0.05, 0) is 18.9 Å². The monoisotopic (exact) mass is 285 g/mol. The molecule has 0 atom stereocenters. The lowest BCUT2D eigenvalue weighted by atomic mass is 10.1. The summed E-state index contributed by atoms with van der Waals surface area (Å²) in [5.74, 6) is 0.0677. The highest BCUT2D eigenvalue weighted by molar-refractivity contribution is 5.91. The number of aromatic nitrogens is 1. The molecule has 1 aromatic carbocycles. The van der Waals surface area contributed by atoms with E-state index in [9.17, 15) is 9.59 Å². The van der Waals surface area contributed by atoms with E-state index in [4.69, 9.17) is 0 Å². The summed E-state index contributed by atoms with van der Waals surface area (Å²) in [6, 6.07) is 9.72. The summed E-state index contributed by atoms with van der Waals surface area (Å²) in [5.41, 5.74) is 1.61. The van der Waals surface area contributed by atoms with Gasteiger partial charge in [0, 0.05) is 43.2 Å². The molecule has 1 aliphatic carbocycles. The fourth-order valence-corrected chi connectivity index (χ4v) is 2.40. The Kier molecular flexibility index (Phi) is 3.64. The van der Waals surface area contributed by atoms with Gasteiger partial charge in [0.1, 0.15) is 0 Å². The molecule has 21 heavy (non-hydrogen) atoms. The molecule has 1 heterocycles. The van der Waals surface area contributed by atoms with Gasteiger partial charge in [-0.15, -0.1) is 0 Å². The lowest BCUT2D eigenvalue weighted by molar-refractivity contribution is -0.120. The van der Waals surface area contributed by atoms with Crippen molar-refractivity contribution in [2.45, 2.75) is 25.3 Å². The predicted octanol–water partition coefficient (Wildman–Crippen LogP) is 1.62. The van der Waals surface area contributed by atoms with Gasteiger partial charge in [-0.2, -0.15) is 0 Å². The lowest BCUT2D eigenvalue weighted by Gasteiger charge is -2.12. The maximum absolute atomic E-state index is 11.9. The summed E-state index contributed by atoms with van der Waals surface area (Å²) < 4.78 is 1.63. The fourth-order valence-electron chi connectivity index (χ4n) is 2.40. The van der Waals surface area contributed by atoms with Crippen molar-refractivity contribution in [2.24, 2.45) is 7.05 Å². The van der Waals surface area contributed by atoms with E-state index in [0.29, 0.717) is 19.0 Å². The van der Waals surface area contributed by atoms with Crippen molar-refractivity contribution in [3.8, 4) is 0 Å². The minimum Gasteiger partial charge on any atom is -0.384 e. The van der Waals surface area contributed by atoms with Crippen molar-refractivity contribution >= 4 is 22.5 Å². The van der Waals surface area contributed by atoms with Gasteiger partial charge in [0.15, 0.2) is 0 Å². The molecule has 1 fully saturated rings. The first kappa shape index (κ1) is 13.7. The molecule has 110 valence electrons. The summed E-state index contributed by atoms with van der Waals surface area (Å²) in [7, 11) is 1.76. The first-order valence-electron chi connectivity index (χ1n) is 7.27. The van der Waals surface area contributed by atoms with Gasteiger partial charge in [0.05, 0.1) is 5.52 Å². The summed E-state index contributed by atoms with van der Waals surface area (Å²) in [6.07, 6.45) is 2.61. The molecule has 1 amide bonds. The lowest BCUT2D eigenvalue weighted by Crippen LogP contribution is -2.27. The Balaban J connectivity index is 1.72. The molecule has 2 aromatic rings. The maximum atomic E-state index is 11.9. The van der Waals surface area contributed by atoms with E-state index in [0.717, 1.165) is 29.4 Å². The number of benzene rings is 1. The number of fused-ring (bicyclic) bond motifs is 1. The third-order valence-corrected chi connectivity index (χ3v) is 3.76. The number of anilines is 1. The smallest absolute Gasteiger partial charge is 0.252 e. The van der Waals surface area contributed by atoms with E-state index in [1.54, 1.807) is 17.7 Å². The second kappa shape index (κ2) is 5.60. The van der Waals surface area contributed by atoms with Crippen LogP contribution in [0.3, 0.4) is 0 Å². The van der Waals surface area contributed by atoms with Crippen LogP contribution in [0.15, 0.2) is 35.1 Å². The minimum absolute atomic E-state index is 0.0568. The van der Waals surface area contributed by atoms with Crippen LogP contribution in [0.25, 0.3) is 10.9 Å². The van der Waals surface area contributed by atoms with Gasteiger partial charge in [0.2, 0.25) is 5.91 Å². The zero-order valence-corrected chi connectivity index (χ0v) is 12.1. The number of pyridine rings is 1. The number of carbonyl (C=O) groups excluding carboxylic acids is 1. The Morgan fingerprint density at radius 2 is 2.10 bits per heavy atom. The molecule has 1 saturated carbocycles. The Labute approximate surface area is 123 Å². The third kappa shape index (κ3) is 3.07. The van der Waals surface area contributed by atoms with Crippen LogP contribution in [-0.2, 0) is 11.8 Å². The summed E-state index contributed by atoms with van der Waals surface area (Å²) >= 11 is 0. The van der Waals surface area contributed by atoms with E-state index in [1.807, 2.05) is 24.3 Å². The SMILES string of the molecule is Cn1c(=O)cc(NCCC(=O)NC2CC2)c2ccccc21. The molecule has 0 saturated heterocycles. The number of nitrogens with zero attached hydrogens (tertiary/aromatic N) is 1. The largest absolute Gasteiger partial charge is 0.384 e. The highest BCUT2D eigenvalue weighted by Crippen LogP contribution is 2.21. The van der Waals surface area contributed by atoms with Crippen molar-refractivity contribution in [2.75, 3.05) is 11.9 Å². The van der Waals surface area contributed by atoms with Gasteiger partial charge in [-0.3, -0.25) is 9.59 Å². The molecule has 0 bridgehead atoms. The van der Waals surface area contributed by atoms with Crippen LogP contribution in [0, 0.1) is 0 Å². The van der Waals surface area contributed by atoms with Crippen LogP contribution in [-0.4, -0.2) is 23.1 Å². The Morgan fingerprint density at radius 1 is 1.33 bits per heavy atom. The summed E-state index contributed by atoms with van der Waals surface area (Å²) in [6.45, 7) is 0.524. The molecular weight excluding hydrogens is 266 g/mol. The average molecular weight is 285 g/mol. The van der Waals surface area contributed by atoms with Crippen LogP contribution in [0.4, 0.5) is 5.69 Å². The van der Waals surface area contributed by atoms with Gasteiger partial charge >= 0.3 is 0 Å². The Morgan fingerprint density at radius 3 is 2.86 bits per heavy atom. The number of hydrogen-bond donors (Lipinski definition) is 2. The quantitative estimate of drug-likeness (QED) is 0.877. The zero-order valence-electron chi connectivity index (χ0n) is 12.1. The second-order valence-electron chi connectivity index (χ2n) is 5.49. The highest BCUT2D eigenvalue weighted by Gasteiger charge is 2.22. The van der Waals surface area contributed by atoms with E-state index >= 15 is 0 Å². The van der Waals surface area contributed by atoms with Crippen LogP contribution < -0.4 is 16.2 Å². The number of amides is 1. The number of aryl methyl sites for hydroxylation is 1. The van der Waals surface area contributed by atoms with Crippen LogP contribution in [0.5, 0.6) is 0 Å². The van der Waals surface area contributed by atoms with Gasteiger partial charge < -0.3 is 15.2 Å². The van der Waals surface area contributed by atoms with Crippen molar-refractivity contribution in [3.63, 3.8) is 0 Å². The van der Waals surface area contributed by atoms with E-state index in [2.05, 4.69) is 10.6 Å². The van der Waals surface area contributed by atoms with Crippen LogP contribution in [0.1, 0.15) is 19.3 Å². The van der Waals surface area contributed by atoms with Gasteiger partial charge in [-0.25, -0.2) is 0 Å². The molecule has 0 radical (unpaired) electrons. The van der Waals surface area contributed by atoms with Gasteiger partial charge in [-0.1, -0.05) is 18.2 Å². The van der Waals surface area contributed by atoms with E-state index in [-0.39, 0.29) is 11.5 Å². The fraction of sp³-hybridized carbons (Fsp3) is 0.375. The minimum atomic E-state index is -0.0568. The second-order valence-corrected chi connectivity index (χ2v) is 5.49. The number of para-hydroxylation sites is 1. The highest BCUT2D eigenvalue weighted by atomic mass is 16.1. The first-order valence-corrected chi connectivity index (χ1v) is 7.27. The van der Waals surface area contributed by atoms with E-state index < -0.39 is 0 Å². The zero-order chi connectivity index (χ0) is 14.8. The number of nitrogens with one attached hydrogen (secondary N) is 2. The topological polar surface area (TPSA) is 63.1 Å². The third-order valence-electron chi connectivity index (χ3n) is 3.76. The maximum Gasteiger partial charge on any atom is 0.252 e. The van der Waals surface area contributed by atoms with Crippen molar-refractivity contribution < 1.29 is 4.79 Å². The molecule has 0 unspecified atom stereocenters. The average Bonchev–Trinajstić information content (AvgIpc) is 3.28. The van der Waals surface area contributed by atoms with Crippen molar-refractivity contribution in [1.82, 2.24) is 9.88 Å². The molecule has 2 N–H and O–H groups in total. The molecule has 5 heteroatoms. The summed E-state index contributed by atoms with van der Waals surface area (Å²) in [4.78, 5) is 23.6. The number of rotatable bonds is 5. The molecule has 0 aliphatic heterocycles. The van der Waals surface area contributed by atoms with Crippen LogP contribution >= 0.6 is 0 Å². The predicted molar refractivity (Wildman–Crippen MR) is 83.5 cm³/mol. The van der Waals surface area contributed by atoms with Crippen molar-refractivity contribution in [3.05, 3.63) is 40.7 Å². The number of carbonyl (C=O) groups is 1. The summed E-state index contributed by atoms with van der Waals surface area (Å²) in [5, 5.41) is 7.15. The molecular formula is C16H19N3O2. The molecule has 5 nitrogen and oxygen atoms in total. The van der Waals surface area contributed by atoms with E-state index in [1.165, 1.54) is 0 Å². The Hall–Kier alpha value is -2.30. The number of hydrogen-bond acceptors (Lipinski definition) is 3. The van der Waals surface area contributed by atoms with Gasteiger partial charge in [0.25, 0.3) is 5.56 Å². The molecule has 0 spiro atoms. The molecule has 3 rings (SSSR count).